The summed E-state index contributed by atoms with van der Waals surface area (Å²) >= 11 is 0. The molecular weight excluding hydrogens is 214 g/mol. The lowest BCUT2D eigenvalue weighted by atomic mass is 10.2. The van der Waals surface area contributed by atoms with E-state index < -0.39 is 9.84 Å². The first-order chi connectivity index (χ1) is 7.02. The highest BCUT2D eigenvalue weighted by Gasteiger charge is 2.30. The lowest BCUT2D eigenvalue weighted by molar-refractivity contribution is 0.560. The molecule has 15 heavy (non-hydrogen) atoms. The molecule has 0 aliphatic carbocycles. The van der Waals surface area contributed by atoms with Crippen LogP contribution < -0.4 is 5.32 Å². The summed E-state index contributed by atoms with van der Waals surface area (Å²) in [5.74, 6) is 1.27. The topological polar surface area (TPSA) is 64.0 Å². The van der Waals surface area contributed by atoms with Crippen LogP contribution in [0.1, 0.15) is 18.2 Å². The number of aryl methyl sites for hydroxylation is 1. The third-order valence-corrected chi connectivity index (χ3v) is 4.43. The summed E-state index contributed by atoms with van der Waals surface area (Å²) in [6.07, 6.45) is 2.59. The second kappa shape index (κ2) is 3.52. The molecule has 1 aromatic rings. The molecule has 1 saturated heterocycles. The van der Waals surface area contributed by atoms with Gasteiger partial charge in [-0.1, -0.05) is 0 Å². The van der Waals surface area contributed by atoms with E-state index in [1.807, 2.05) is 17.7 Å². The quantitative estimate of drug-likeness (QED) is 0.806. The van der Waals surface area contributed by atoms with E-state index in [1.165, 1.54) is 0 Å². The summed E-state index contributed by atoms with van der Waals surface area (Å²) < 4.78 is 24.7. The molecule has 1 N–H and O–H groups in total. The Hall–Kier alpha value is -1.04. The standard InChI is InChI=1S/C9H15N3O2S/c1-7-5-12(9(10-2)11-7)8-3-4-15(13,14)6-8/h5,8H,3-4,6H2,1-2H3,(H,10,11). The van der Waals surface area contributed by atoms with Gasteiger partial charge in [-0.3, -0.25) is 0 Å². The van der Waals surface area contributed by atoms with Crippen molar-refractivity contribution in [2.24, 2.45) is 0 Å². The maximum atomic E-state index is 11.4. The fraction of sp³-hybridized carbons (Fsp3) is 0.667. The van der Waals surface area contributed by atoms with Gasteiger partial charge in [-0.05, 0) is 13.3 Å². The van der Waals surface area contributed by atoms with E-state index in [2.05, 4.69) is 10.3 Å². The van der Waals surface area contributed by atoms with E-state index in [-0.39, 0.29) is 17.5 Å². The Morgan fingerprint density at radius 1 is 1.60 bits per heavy atom. The van der Waals surface area contributed by atoms with Crippen molar-refractivity contribution in [2.45, 2.75) is 19.4 Å². The van der Waals surface area contributed by atoms with Crippen LogP contribution in [-0.4, -0.2) is 36.5 Å². The monoisotopic (exact) mass is 229 g/mol. The van der Waals surface area contributed by atoms with Gasteiger partial charge in [-0.2, -0.15) is 0 Å². The molecule has 2 heterocycles. The minimum Gasteiger partial charge on any atom is -0.359 e. The zero-order chi connectivity index (χ0) is 11.1. The fourth-order valence-electron chi connectivity index (χ4n) is 1.97. The Labute approximate surface area is 89.4 Å². The lowest BCUT2D eigenvalue weighted by Crippen LogP contribution is -2.12. The van der Waals surface area contributed by atoms with Gasteiger partial charge in [-0.15, -0.1) is 0 Å². The molecule has 0 bridgehead atoms. The van der Waals surface area contributed by atoms with Crippen LogP contribution in [0.15, 0.2) is 6.20 Å². The van der Waals surface area contributed by atoms with E-state index in [9.17, 15) is 8.42 Å². The molecule has 1 aliphatic rings. The number of imidazole rings is 1. The Bertz CT molecular complexity index is 464. The van der Waals surface area contributed by atoms with Gasteiger partial charge in [0.2, 0.25) is 5.95 Å². The number of hydrogen-bond acceptors (Lipinski definition) is 4. The number of rotatable bonds is 2. The summed E-state index contributed by atoms with van der Waals surface area (Å²) in [5.41, 5.74) is 0.906. The first-order valence-electron chi connectivity index (χ1n) is 4.95. The Kier molecular flexibility index (Phi) is 2.46. The summed E-state index contributed by atoms with van der Waals surface area (Å²) in [7, 11) is -1.04. The molecule has 0 amide bonds. The van der Waals surface area contributed by atoms with Crippen LogP contribution in [0.25, 0.3) is 0 Å². The molecule has 0 spiro atoms. The van der Waals surface area contributed by atoms with E-state index in [4.69, 9.17) is 0 Å². The maximum Gasteiger partial charge on any atom is 0.203 e. The van der Waals surface area contributed by atoms with Gasteiger partial charge >= 0.3 is 0 Å². The molecule has 84 valence electrons. The van der Waals surface area contributed by atoms with E-state index in [0.717, 1.165) is 11.6 Å². The zero-order valence-electron chi connectivity index (χ0n) is 8.90. The Morgan fingerprint density at radius 2 is 2.33 bits per heavy atom. The number of sulfone groups is 1. The van der Waals surface area contributed by atoms with Crippen LogP contribution in [0.4, 0.5) is 5.95 Å². The van der Waals surface area contributed by atoms with Gasteiger partial charge in [0, 0.05) is 13.2 Å². The summed E-state index contributed by atoms with van der Waals surface area (Å²) in [6.45, 7) is 1.90. The van der Waals surface area contributed by atoms with Crippen molar-refractivity contribution in [3.8, 4) is 0 Å². The molecule has 0 saturated carbocycles. The predicted molar refractivity (Wildman–Crippen MR) is 58.8 cm³/mol. The normalized spacial score (nSPS) is 24.3. The van der Waals surface area contributed by atoms with Gasteiger partial charge in [-0.25, -0.2) is 13.4 Å². The molecule has 6 heteroatoms. The molecule has 1 aliphatic heterocycles. The lowest BCUT2D eigenvalue weighted by Gasteiger charge is -2.12. The number of nitrogens with one attached hydrogen (secondary N) is 1. The van der Waals surface area contributed by atoms with E-state index in [1.54, 1.807) is 7.05 Å². The first-order valence-corrected chi connectivity index (χ1v) is 6.77. The average molecular weight is 229 g/mol. The van der Waals surface area contributed by atoms with Crippen LogP contribution in [0.5, 0.6) is 0 Å². The fourth-order valence-corrected chi connectivity index (χ4v) is 3.69. The number of aromatic nitrogens is 2. The molecule has 1 unspecified atom stereocenters. The predicted octanol–water partition coefficient (Wildman–Crippen LogP) is 0.593. The highest BCUT2D eigenvalue weighted by Crippen LogP contribution is 2.26. The molecule has 0 radical (unpaired) electrons. The smallest absolute Gasteiger partial charge is 0.203 e. The molecule has 1 aromatic heterocycles. The highest BCUT2D eigenvalue weighted by molar-refractivity contribution is 7.91. The van der Waals surface area contributed by atoms with Crippen LogP contribution in [0, 0.1) is 6.92 Å². The van der Waals surface area contributed by atoms with Gasteiger partial charge in [0.05, 0.1) is 23.2 Å². The Balaban J connectivity index is 2.30. The average Bonchev–Trinajstić information content (AvgIpc) is 2.68. The van der Waals surface area contributed by atoms with Crippen molar-refractivity contribution in [2.75, 3.05) is 23.9 Å². The van der Waals surface area contributed by atoms with E-state index in [0.29, 0.717) is 6.42 Å². The van der Waals surface area contributed by atoms with Crippen LogP contribution >= 0.6 is 0 Å². The van der Waals surface area contributed by atoms with Crippen LogP contribution in [-0.2, 0) is 9.84 Å². The summed E-state index contributed by atoms with van der Waals surface area (Å²) in [6, 6.07) is 0.0404. The molecule has 1 atom stereocenters. The molecular formula is C9H15N3O2S. The van der Waals surface area contributed by atoms with Crippen molar-refractivity contribution in [1.29, 1.82) is 0 Å². The van der Waals surface area contributed by atoms with E-state index >= 15 is 0 Å². The SMILES string of the molecule is CNc1nc(C)cn1C1CCS(=O)(=O)C1. The summed E-state index contributed by atoms with van der Waals surface area (Å²) in [5, 5.41) is 2.98. The highest BCUT2D eigenvalue weighted by atomic mass is 32.2. The minimum atomic E-state index is -2.84. The Morgan fingerprint density at radius 3 is 2.87 bits per heavy atom. The van der Waals surface area contributed by atoms with Crippen molar-refractivity contribution < 1.29 is 8.42 Å². The first kappa shape index (κ1) is 10.5. The largest absolute Gasteiger partial charge is 0.359 e. The number of nitrogens with zero attached hydrogens (tertiary/aromatic N) is 2. The zero-order valence-corrected chi connectivity index (χ0v) is 9.71. The van der Waals surface area contributed by atoms with Crippen molar-refractivity contribution in [1.82, 2.24) is 9.55 Å². The molecule has 5 nitrogen and oxygen atoms in total. The molecule has 1 fully saturated rings. The third-order valence-electron chi connectivity index (χ3n) is 2.68. The van der Waals surface area contributed by atoms with Gasteiger partial charge in [0.15, 0.2) is 9.84 Å². The van der Waals surface area contributed by atoms with Crippen molar-refractivity contribution in [3.05, 3.63) is 11.9 Å². The van der Waals surface area contributed by atoms with Crippen molar-refractivity contribution >= 4 is 15.8 Å². The van der Waals surface area contributed by atoms with Gasteiger partial charge < -0.3 is 9.88 Å². The minimum absolute atomic E-state index is 0.0404. The molecule has 2 rings (SSSR count). The summed E-state index contributed by atoms with van der Waals surface area (Å²) in [4.78, 5) is 4.28. The van der Waals surface area contributed by atoms with Crippen molar-refractivity contribution in [3.63, 3.8) is 0 Å². The van der Waals surface area contributed by atoms with Gasteiger partial charge in [0.1, 0.15) is 0 Å². The maximum absolute atomic E-state index is 11.4. The third kappa shape index (κ3) is 1.99. The van der Waals surface area contributed by atoms with Crippen LogP contribution in [0.2, 0.25) is 0 Å². The number of anilines is 1. The van der Waals surface area contributed by atoms with Gasteiger partial charge in [0.25, 0.3) is 0 Å². The molecule has 0 aromatic carbocycles. The second-order valence-electron chi connectivity index (χ2n) is 3.92. The second-order valence-corrected chi connectivity index (χ2v) is 6.15. The number of hydrogen-bond donors (Lipinski definition) is 1. The van der Waals surface area contributed by atoms with Crippen LogP contribution in [0.3, 0.4) is 0 Å².